The second-order valence-corrected chi connectivity index (χ2v) is 18.0. The molecule has 316 valence electrons. The second kappa shape index (κ2) is 14.3. The van der Waals surface area contributed by atoms with Gasteiger partial charge >= 0.3 is 0 Å². The summed E-state index contributed by atoms with van der Waals surface area (Å²) in [5.41, 5.74) is 17.1. The number of fused-ring (bicyclic) bond motifs is 11. The summed E-state index contributed by atoms with van der Waals surface area (Å²) in [5.74, 6) is 4.61. The van der Waals surface area contributed by atoms with Gasteiger partial charge in [-0.05, 0) is 93.4 Å². The van der Waals surface area contributed by atoms with Crippen LogP contribution in [-0.4, -0.2) is 18.0 Å². The first-order chi connectivity index (χ1) is 33.7. The third kappa shape index (κ3) is 5.37. The Hall–Kier alpha value is -8.87. The number of nitrogens with zero attached hydrogens (tertiary/aromatic N) is 3. The van der Waals surface area contributed by atoms with Crippen LogP contribution >= 0.6 is 0 Å². The molecular formula is C60H37B2N3O3. The van der Waals surface area contributed by atoms with Crippen LogP contribution in [0.15, 0.2) is 224 Å². The summed E-state index contributed by atoms with van der Waals surface area (Å²) >= 11 is 0. The van der Waals surface area contributed by atoms with Gasteiger partial charge in [0.25, 0.3) is 13.4 Å². The number of para-hydroxylation sites is 7. The van der Waals surface area contributed by atoms with Gasteiger partial charge in [0, 0.05) is 86.4 Å². The minimum atomic E-state index is -0.130. The predicted octanol–water partition coefficient (Wildman–Crippen LogP) is 11.4. The molecule has 0 spiro atoms. The van der Waals surface area contributed by atoms with Gasteiger partial charge in [0.15, 0.2) is 0 Å². The summed E-state index contributed by atoms with van der Waals surface area (Å²) in [4.78, 5) is 4.79. The molecule has 10 aromatic carbocycles. The van der Waals surface area contributed by atoms with Crippen LogP contribution in [0, 0.1) is 0 Å². The lowest BCUT2D eigenvalue weighted by atomic mass is 9.30. The van der Waals surface area contributed by atoms with E-state index in [1.165, 1.54) is 43.7 Å². The van der Waals surface area contributed by atoms with Gasteiger partial charge in [0.05, 0.1) is 5.52 Å². The molecule has 0 bridgehead atoms. The maximum absolute atomic E-state index is 7.34. The zero-order valence-corrected chi connectivity index (χ0v) is 36.6. The van der Waals surface area contributed by atoms with E-state index in [0.29, 0.717) is 5.75 Å². The Bertz CT molecular complexity index is 3860. The topological polar surface area (TPSA) is 39.1 Å². The molecule has 1 aromatic heterocycles. The van der Waals surface area contributed by atoms with Gasteiger partial charge in [-0.25, -0.2) is 0 Å². The van der Waals surface area contributed by atoms with Gasteiger partial charge in [0.1, 0.15) is 34.5 Å². The Balaban J connectivity index is 1.02. The molecule has 0 radical (unpaired) electrons. The number of rotatable bonds is 6. The van der Waals surface area contributed by atoms with Crippen molar-refractivity contribution in [1.82, 2.24) is 4.57 Å². The van der Waals surface area contributed by atoms with E-state index in [9.17, 15) is 0 Å². The molecule has 5 heterocycles. The smallest absolute Gasteiger partial charge is 0.256 e. The number of hydrogen-bond acceptors (Lipinski definition) is 5. The zero-order valence-electron chi connectivity index (χ0n) is 36.6. The number of benzene rings is 10. The molecule has 0 saturated carbocycles. The maximum atomic E-state index is 7.34. The molecular weight excluding hydrogens is 832 g/mol. The van der Waals surface area contributed by atoms with Crippen molar-refractivity contribution in [2.75, 3.05) is 9.80 Å². The Morgan fingerprint density at radius 1 is 0.338 bits per heavy atom. The molecule has 0 saturated heterocycles. The first kappa shape index (κ1) is 37.4. The van der Waals surface area contributed by atoms with Gasteiger partial charge in [-0.2, -0.15) is 0 Å². The third-order valence-corrected chi connectivity index (χ3v) is 14.3. The molecule has 8 heteroatoms. The molecule has 0 fully saturated rings. The fourth-order valence-electron chi connectivity index (χ4n) is 11.6. The highest BCUT2D eigenvalue weighted by Crippen LogP contribution is 2.47. The van der Waals surface area contributed by atoms with Crippen molar-refractivity contribution in [3.63, 3.8) is 0 Å². The van der Waals surface area contributed by atoms with Crippen LogP contribution in [0.5, 0.6) is 34.5 Å². The highest BCUT2D eigenvalue weighted by Gasteiger charge is 2.47. The van der Waals surface area contributed by atoms with Crippen molar-refractivity contribution in [1.29, 1.82) is 0 Å². The zero-order chi connectivity index (χ0) is 44.5. The molecule has 0 N–H and O–H groups in total. The summed E-state index contributed by atoms with van der Waals surface area (Å²) in [7, 11) is 0. The lowest BCUT2D eigenvalue weighted by Crippen LogP contribution is -2.64. The summed E-state index contributed by atoms with van der Waals surface area (Å²) in [5, 5.41) is 2.47. The number of anilines is 6. The van der Waals surface area contributed by atoms with Crippen molar-refractivity contribution in [3.8, 4) is 40.2 Å². The van der Waals surface area contributed by atoms with Gasteiger partial charge in [-0.3, -0.25) is 0 Å². The van der Waals surface area contributed by atoms with Crippen molar-refractivity contribution in [2.24, 2.45) is 0 Å². The van der Waals surface area contributed by atoms with Crippen molar-refractivity contribution in [2.45, 2.75) is 0 Å². The van der Waals surface area contributed by atoms with E-state index >= 15 is 0 Å². The summed E-state index contributed by atoms with van der Waals surface area (Å²) in [6.07, 6.45) is 0. The molecule has 4 aliphatic rings. The van der Waals surface area contributed by atoms with Gasteiger partial charge in [0.2, 0.25) is 0 Å². The highest BCUT2D eigenvalue weighted by atomic mass is 16.5. The Kier molecular flexibility index (Phi) is 7.86. The van der Waals surface area contributed by atoms with Crippen LogP contribution in [0.1, 0.15) is 0 Å². The maximum Gasteiger partial charge on any atom is 0.256 e. The standard InChI is InChI=1S/C60H37B2N3O3/c1-5-18-38(19-6-1)63-51-31-16-14-28-46(51)61-49-36-48-52(37-56(49)68-57-35-43(34-55(63)59(57)61)67-41-24-11-4-12-25-41)64(39-20-7-2-8-21-39)53-32-42(66-40-22-9-3-10-23-40)33-54-58(53)62(48)47-29-17-27-45-44-26-13-15-30-50(44)65(54)60(45)47/h1-37H. The summed E-state index contributed by atoms with van der Waals surface area (Å²) in [6.45, 7) is -0.233. The molecule has 4 aliphatic heterocycles. The van der Waals surface area contributed by atoms with E-state index in [1.807, 2.05) is 60.7 Å². The van der Waals surface area contributed by atoms with Gasteiger partial charge in [-0.15, -0.1) is 0 Å². The third-order valence-electron chi connectivity index (χ3n) is 14.3. The van der Waals surface area contributed by atoms with Crippen LogP contribution in [0.4, 0.5) is 34.1 Å². The van der Waals surface area contributed by atoms with E-state index in [-0.39, 0.29) is 13.4 Å². The summed E-state index contributed by atoms with van der Waals surface area (Å²) in [6, 6.07) is 79.5. The van der Waals surface area contributed by atoms with E-state index < -0.39 is 0 Å². The van der Waals surface area contributed by atoms with Gasteiger partial charge < -0.3 is 28.6 Å². The van der Waals surface area contributed by atoms with Crippen LogP contribution in [-0.2, 0) is 0 Å². The Morgan fingerprint density at radius 2 is 0.882 bits per heavy atom. The molecule has 0 atom stereocenters. The van der Waals surface area contributed by atoms with E-state index in [2.05, 4.69) is 178 Å². The summed E-state index contributed by atoms with van der Waals surface area (Å²) < 4.78 is 23.3. The molecule has 0 amide bonds. The van der Waals surface area contributed by atoms with Crippen molar-refractivity contribution >= 4 is 102 Å². The van der Waals surface area contributed by atoms with Crippen LogP contribution in [0.2, 0.25) is 0 Å². The van der Waals surface area contributed by atoms with Crippen LogP contribution < -0.4 is 56.8 Å². The van der Waals surface area contributed by atoms with E-state index in [0.717, 1.165) is 79.5 Å². The fraction of sp³-hybridized carbons (Fsp3) is 0. The number of hydrogen-bond donors (Lipinski definition) is 0. The predicted molar refractivity (Wildman–Crippen MR) is 279 cm³/mol. The highest BCUT2D eigenvalue weighted by molar-refractivity contribution is 7.02. The monoisotopic (exact) mass is 869 g/mol. The molecule has 0 unspecified atom stereocenters. The molecule has 15 rings (SSSR count). The molecule has 6 nitrogen and oxygen atoms in total. The minimum absolute atomic E-state index is 0.103. The Labute approximate surface area is 393 Å². The van der Waals surface area contributed by atoms with E-state index in [4.69, 9.17) is 14.2 Å². The lowest BCUT2D eigenvalue weighted by molar-refractivity contribution is 0.463. The van der Waals surface area contributed by atoms with Gasteiger partial charge in [-0.1, -0.05) is 133 Å². The minimum Gasteiger partial charge on any atom is -0.458 e. The molecule has 68 heavy (non-hydrogen) atoms. The fourth-order valence-corrected chi connectivity index (χ4v) is 11.6. The van der Waals surface area contributed by atoms with E-state index in [1.54, 1.807) is 0 Å². The average molecular weight is 870 g/mol. The van der Waals surface area contributed by atoms with Crippen molar-refractivity contribution in [3.05, 3.63) is 224 Å². The second-order valence-electron chi connectivity index (χ2n) is 18.0. The quantitative estimate of drug-likeness (QED) is 0.156. The SMILES string of the molecule is c1ccc(Oc2cc3c4c(c2)N(c2ccccc2)c2ccccc2B4c2cc4c(cc2O3)N(c2ccccc2)c2cc(Oc3ccccc3)cc3c2B4c2cccc4c5ccccc5n-3c24)cc1. The molecule has 0 aliphatic carbocycles. The first-order valence-corrected chi connectivity index (χ1v) is 23.2. The number of ether oxygens (including phenoxy) is 3. The average Bonchev–Trinajstić information content (AvgIpc) is 3.73. The largest absolute Gasteiger partial charge is 0.458 e. The van der Waals surface area contributed by atoms with Crippen LogP contribution in [0.25, 0.3) is 27.5 Å². The lowest BCUT2D eigenvalue weighted by Gasteiger charge is -2.43. The van der Waals surface area contributed by atoms with Crippen LogP contribution in [0.3, 0.4) is 0 Å². The first-order valence-electron chi connectivity index (χ1n) is 23.2. The molecule has 11 aromatic rings. The van der Waals surface area contributed by atoms with Crippen molar-refractivity contribution < 1.29 is 14.2 Å². The normalized spacial score (nSPS) is 13.3. The number of aromatic nitrogens is 1. The Morgan fingerprint density at radius 3 is 1.60 bits per heavy atom.